The van der Waals surface area contributed by atoms with Crippen LogP contribution < -0.4 is 10.2 Å². The molecule has 2 rings (SSSR count). The molecule has 0 saturated heterocycles. The molecular weight excluding hydrogens is 384 g/mol. The molecule has 0 aliphatic carbocycles. The Bertz CT molecular complexity index is 762. The molecule has 0 saturated carbocycles. The Labute approximate surface area is 156 Å². The highest BCUT2D eigenvalue weighted by Crippen LogP contribution is 2.22. The maximum Gasteiger partial charge on any atom is 0.338 e. The number of hydrogen-bond donors (Lipinski definition) is 1. The molecule has 0 aliphatic heterocycles. The molecule has 132 valence electrons. The Morgan fingerprint density at radius 2 is 1.88 bits per heavy atom. The minimum Gasteiger partial charge on any atom is -0.452 e. The first kappa shape index (κ1) is 19.0. The van der Waals surface area contributed by atoms with Gasteiger partial charge in [0.05, 0.1) is 11.6 Å². The number of nitrogens with one attached hydrogen (secondary N) is 1. The van der Waals surface area contributed by atoms with Crippen LogP contribution in [0.2, 0.25) is 0 Å². The second kappa shape index (κ2) is 8.67. The number of hydrogen-bond acceptors (Lipinski definition) is 4. The van der Waals surface area contributed by atoms with Crippen LogP contribution in [0.1, 0.15) is 28.9 Å². The van der Waals surface area contributed by atoms with E-state index in [0.29, 0.717) is 5.56 Å². The Morgan fingerprint density at radius 3 is 2.56 bits per heavy atom. The average Bonchev–Trinajstić information content (AvgIpc) is 2.60. The fourth-order valence-corrected chi connectivity index (χ4v) is 2.94. The largest absolute Gasteiger partial charge is 0.452 e. The SMILES string of the molecule is C[C@@H](NC(=O)COC(=O)c1cccc(N(C)C)c1)c1ccccc1Br. The Balaban J connectivity index is 1.90. The molecule has 0 radical (unpaired) electrons. The number of anilines is 1. The zero-order valence-corrected chi connectivity index (χ0v) is 16.0. The number of halogens is 1. The molecule has 5 nitrogen and oxygen atoms in total. The number of amides is 1. The van der Waals surface area contributed by atoms with Gasteiger partial charge in [0, 0.05) is 24.3 Å². The van der Waals surface area contributed by atoms with Crippen LogP contribution in [0.3, 0.4) is 0 Å². The standard InChI is InChI=1S/C19H21BrN2O3/c1-13(16-9-4-5-10-17(16)20)21-18(23)12-25-19(24)14-7-6-8-15(11-14)22(2)3/h4-11,13H,12H2,1-3H3,(H,21,23)/t13-/m1/s1. The van der Waals surface area contributed by atoms with E-state index in [1.165, 1.54) is 0 Å². The molecule has 0 unspecified atom stereocenters. The number of benzene rings is 2. The molecule has 0 heterocycles. The van der Waals surface area contributed by atoms with E-state index in [2.05, 4.69) is 21.2 Å². The van der Waals surface area contributed by atoms with Crippen molar-refractivity contribution in [3.8, 4) is 0 Å². The van der Waals surface area contributed by atoms with Crippen LogP contribution in [-0.2, 0) is 9.53 Å². The van der Waals surface area contributed by atoms with Gasteiger partial charge in [0.2, 0.25) is 0 Å². The number of ether oxygens (including phenoxy) is 1. The van der Waals surface area contributed by atoms with Gasteiger partial charge in [0.15, 0.2) is 6.61 Å². The summed E-state index contributed by atoms with van der Waals surface area (Å²) in [7, 11) is 3.78. The van der Waals surface area contributed by atoms with Crippen LogP contribution in [0.4, 0.5) is 5.69 Å². The van der Waals surface area contributed by atoms with Crippen LogP contribution in [0.25, 0.3) is 0 Å². The maximum atomic E-state index is 12.1. The van der Waals surface area contributed by atoms with Crippen molar-refractivity contribution in [2.24, 2.45) is 0 Å². The van der Waals surface area contributed by atoms with E-state index in [9.17, 15) is 9.59 Å². The number of rotatable bonds is 6. The van der Waals surface area contributed by atoms with Crippen LogP contribution in [0.15, 0.2) is 53.0 Å². The van der Waals surface area contributed by atoms with Gasteiger partial charge in [0.1, 0.15) is 0 Å². The van der Waals surface area contributed by atoms with Crippen molar-refractivity contribution in [3.63, 3.8) is 0 Å². The van der Waals surface area contributed by atoms with Crippen molar-refractivity contribution in [3.05, 3.63) is 64.1 Å². The average molecular weight is 405 g/mol. The summed E-state index contributed by atoms with van der Waals surface area (Å²) in [5, 5.41) is 2.82. The van der Waals surface area contributed by atoms with Crippen molar-refractivity contribution < 1.29 is 14.3 Å². The third kappa shape index (κ3) is 5.32. The molecule has 0 aromatic heterocycles. The first-order chi connectivity index (χ1) is 11.9. The van der Waals surface area contributed by atoms with Gasteiger partial charge in [-0.2, -0.15) is 0 Å². The third-order valence-electron chi connectivity index (χ3n) is 3.68. The van der Waals surface area contributed by atoms with E-state index in [1.807, 2.05) is 56.3 Å². The highest BCUT2D eigenvalue weighted by Gasteiger charge is 2.15. The first-order valence-electron chi connectivity index (χ1n) is 7.87. The van der Waals surface area contributed by atoms with E-state index in [0.717, 1.165) is 15.7 Å². The fourth-order valence-electron chi connectivity index (χ4n) is 2.31. The molecule has 1 atom stereocenters. The lowest BCUT2D eigenvalue weighted by molar-refractivity contribution is -0.124. The fraction of sp³-hybridized carbons (Fsp3) is 0.263. The van der Waals surface area contributed by atoms with Gasteiger partial charge in [-0.1, -0.05) is 40.2 Å². The van der Waals surface area contributed by atoms with Crippen molar-refractivity contribution >= 4 is 33.5 Å². The zero-order valence-electron chi connectivity index (χ0n) is 14.5. The van der Waals surface area contributed by atoms with Gasteiger partial charge in [-0.05, 0) is 36.8 Å². The van der Waals surface area contributed by atoms with Crippen LogP contribution >= 0.6 is 15.9 Å². The molecule has 2 aromatic carbocycles. The van der Waals surface area contributed by atoms with Gasteiger partial charge in [-0.3, -0.25) is 4.79 Å². The Morgan fingerprint density at radius 1 is 1.16 bits per heavy atom. The number of carbonyl (C=O) groups is 2. The quantitative estimate of drug-likeness (QED) is 0.747. The lowest BCUT2D eigenvalue weighted by Gasteiger charge is -2.16. The highest BCUT2D eigenvalue weighted by molar-refractivity contribution is 9.10. The Kier molecular flexibility index (Phi) is 6.58. The van der Waals surface area contributed by atoms with Gasteiger partial charge in [-0.25, -0.2) is 4.79 Å². The van der Waals surface area contributed by atoms with Crippen molar-refractivity contribution in [2.45, 2.75) is 13.0 Å². The van der Waals surface area contributed by atoms with Crippen molar-refractivity contribution in [1.29, 1.82) is 0 Å². The second-order valence-corrected chi connectivity index (χ2v) is 6.69. The molecule has 0 spiro atoms. The first-order valence-corrected chi connectivity index (χ1v) is 8.66. The normalized spacial score (nSPS) is 11.5. The third-order valence-corrected chi connectivity index (χ3v) is 4.40. The molecule has 0 bridgehead atoms. The molecule has 2 aromatic rings. The molecule has 25 heavy (non-hydrogen) atoms. The molecule has 0 fully saturated rings. The monoisotopic (exact) mass is 404 g/mol. The number of carbonyl (C=O) groups excluding carboxylic acids is 2. The van der Waals surface area contributed by atoms with E-state index < -0.39 is 5.97 Å². The van der Waals surface area contributed by atoms with Gasteiger partial charge >= 0.3 is 5.97 Å². The summed E-state index contributed by atoms with van der Waals surface area (Å²) < 4.78 is 6.03. The minimum absolute atomic E-state index is 0.196. The lowest BCUT2D eigenvalue weighted by atomic mass is 10.1. The molecule has 0 aliphatic rings. The van der Waals surface area contributed by atoms with E-state index >= 15 is 0 Å². The van der Waals surface area contributed by atoms with Crippen LogP contribution in [0.5, 0.6) is 0 Å². The van der Waals surface area contributed by atoms with Crippen molar-refractivity contribution in [1.82, 2.24) is 5.32 Å². The summed E-state index contributed by atoms with van der Waals surface area (Å²) in [5.41, 5.74) is 2.26. The van der Waals surface area contributed by atoms with Crippen molar-refractivity contribution in [2.75, 3.05) is 25.6 Å². The topological polar surface area (TPSA) is 58.6 Å². The number of esters is 1. The highest BCUT2D eigenvalue weighted by atomic mass is 79.9. The maximum absolute atomic E-state index is 12.1. The molecule has 1 amide bonds. The summed E-state index contributed by atoms with van der Waals surface area (Å²) in [6, 6.07) is 14.5. The predicted molar refractivity (Wildman–Crippen MR) is 102 cm³/mol. The second-order valence-electron chi connectivity index (χ2n) is 5.83. The summed E-state index contributed by atoms with van der Waals surface area (Å²) in [4.78, 5) is 26.0. The summed E-state index contributed by atoms with van der Waals surface area (Å²) in [6.45, 7) is 1.56. The van der Waals surface area contributed by atoms with Crippen LogP contribution in [-0.4, -0.2) is 32.6 Å². The van der Waals surface area contributed by atoms with E-state index in [1.54, 1.807) is 18.2 Å². The number of nitrogens with zero attached hydrogens (tertiary/aromatic N) is 1. The van der Waals surface area contributed by atoms with Gasteiger partial charge in [-0.15, -0.1) is 0 Å². The summed E-state index contributed by atoms with van der Waals surface area (Å²) in [6.07, 6.45) is 0. The smallest absolute Gasteiger partial charge is 0.338 e. The van der Waals surface area contributed by atoms with E-state index in [4.69, 9.17) is 4.74 Å². The summed E-state index contributed by atoms with van der Waals surface area (Å²) >= 11 is 3.46. The molecule has 6 heteroatoms. The minimum atomic E-state index is -0.521. The predicted octanol–water partition coefficient (Wildman–Crippen LogP) is 3.55. The van der Waals surface area contributed by atoms with Crippen LogP contribution in [0, 0.1) is 0 Å². The zero-order chi connectivity index (χ0) is 18.4. The lowest BCUT2D eigenvalue weighted by Crippen LogP contribution is -2.31. The molecular formula is C19H21BrN2O3. The Hall–Kier alpha value is -2.34. The van der Waals surface area contributed by atoms with Gasteiger partial charge < -0.3 is 15.0 Å². The van der Waals surface area contributed by atoms with Gasteiger partial charge in [0.25, 0.3) is 5.91 Å². The van der Waals surface area contributed by atoms with E-state index in [-0.39, 0.29) is 18.6 Å². The molecule has 1 N–H and O–H groups in total. The summed E-state index contributed by atoms with van der Waals surface area (Å²) in [5.74, 6) is -0.868.